The van der Waals surface area contributed by atoms with Crippen LogP contribution in [0.4, 0.5) is 11.4 Å². The number of rotatable bonds is 4. The summed E-state index contributed by atoms with van der Waals surface area (Å²) in [6, 6.07) is 20.3. The summed E-state index contributed by atoms with van der Waals surface area (Å²) < 4.78 is 0. The van der Waals surface area contributed by atoms with Crippen molar-refractivity contribution in [1.29, 1.82) is 0 Å². The molecule has 0 unspecified atom stereocenters. The van der Waals surface area contributed by atoms with E-state index in [1.165, 1.54) is 12.2 Å². The number of nitrogens with one attached hydrogen (secondary N) is 2. The summed E-state index contributed by atoms with van der Waals surface area (Å²) in [5, 5.41) is 8.02. The summed E-state index contributed by atoms with van der Waals surface area (Å²) in [6.45, 7) is 0. The predicted molar refractivity (Wildman–Crippen MR) is 102 cm³/mol. The van der Waals surface area contributed by atoms with Crippen LogP contribution in [0.3, 0.4) is 0 Å². The fourth-order valence-corrected chi connectivity index (χ4v) is 2.54. The first-order valence-corrected chi connectivity index (χ1v) is 8.02. The molecule has 0 atom stereocenters. The highest BCUT2D eigenvalue weighted by Gasteiger charge is 2.02. The third-order valence-electron chi connectivity index (χ3n) is 3.50. The van der Waals surface area contributed by atoms with Crippen molar-refractivity contribution in [3.05, 3.63) is 83.9 Å². The molecular formula is C20H15ClN2O2. The van der Waals surface area contributed by atoms with Gasteiger partial charge in [-0.2, -0.15) is 0 Å². The highest BCUT2D eigenvalue weighted by atomic mass is 35.5. The molecule has 0 aliphatic rings. The quantitative estimate of drug-likeness (QED) is 0.674. The summed E-state index contributed by atoms with van der Waals surface area (Å²) in [7, 11) is 0. The lowest BCUT2D eigenvalue weighted by Gasteiger charge is -2.04. The number of benzene rings is 3. The Morgan fingerprint density at radius 2 is 1.36 bits per heavy atom. The molecule has 3 aromatic rings. The minimum atomic E-state index is -0.407. The lowest BCUT2D eigenvalue weighted by Crippen LogP contribution is -2.12. The summed E-state index contributed by atoms with van der Waals surface area (Å²) in [6.07, 6.45) is 2.37. The number of hydrogen-bond acceptors (Lipinski definition) is 2. The van der Waals surface area contributed by atoms with E-state index >= 15 is 0 Å². The highest BCUT2D eigenvalue weighted by molar-refractivity contribution is 6.30. The molecule has 0 bridgehead atoms. The molecule has 0 heterocycles. The van der Waals surface area contributed by atoms with Gasteiger partial charge in [0.2, 0.25) is 11.8 Å². The standard InChI is InChI=1S/C20H15ClN2O2/c21-16-6-3-7-17(13-16)22-19(24)10-11-20(25)23-18-9-8-14-4-1-2-5-15(14)12-18/h1-13H,(H,22,24)(H,23,25). The Morgan fingerprint density at radius 1 is 0.720 bits per heavy atom. The topological polar surface area (TPSA) is 58.2 Å². The van der Waals surface area contributed by atoms with Gasteiger partial charge in [-0.1, -0.05) is 48.0 Å². The van der Waals surface area contributed by atoms with Crippen molar-refractivity contribution < 1.29 is 9.59 Å². The average Bonchev–Trinajstić information content (AvgIpc) is 2.60. The second-order valence-corrected chi connectivity index (χ2v) is 5.82. The number of amides is 2. The van der Waals surface area contributed by atoms with Gasteiger partial charge in [0.25, 0.3) is 0 Å². The van der Waals surface area contributed by atoms with Crippen molar-refractivity contribution >= 4 is 45.6 Å². The fourth-order valence-electron chi connectivity index (χ4n) is 2.35. The monoisotopic (exact) mass is 350 g/mol. The summed E-state index contributed by atoms with van der Waals surface area (Å²) in [4.78, 5) is 23.8. The van der Waals surface area contributed by atoms with Gasteiger partial charge in [0.1, 0.15) is 0 Å². The zero-order chi connectivity index (χ0) is 17.6. The maximum absolute atomic E-state index is 12.0. The van der Waals surface area contributed by atoms with Crippen LogP contribution in [0.25, 0.3) is 10.8 Å². The molecule has 2 amide bonds. The molecule has 25 heavy (non-hydrogen) atoms. The highest BCUT2D eigenvalue weighted by Crippen LogP contribution is 2.19. The van der Waals surface area contributed by atoms with Gasteiger partial charge in [0.15, 0.2) is 0 Å². The molecule has 3 aromatic carbocycles. The van der Waals surface area contributed by atoms with Gasteiger partial charge in [0.05, 0.1) is 0 Å². The molecule has 0 radical (unpaired) electrons. The number of halogens is 1. The molecule has 0 aromatic heterocycles. The first-order valence-electron chi connectivity index (χ1n) is 7.64. The lowest BCUT2D eigenvalue weighted by atomic mass is 10.1. The molecule has 0 aliphatic heterocycles. The van der Waals surface area contributed by atoms with Crippen molar-refractivity contribution in [1.82, 2.24) is 0 Å². The number of hydrogen-bond donors (Lipinski definition) is 2. The Bertz CT molecular complexity index is 967. The minimum Gasteiger partial charge on any atom is -0.322 e. The van der Waals surface area contributed by atoms with Crippen molar-refractivity contribution in [2.24, 2.45) is 0 Å². The van der Waals surface area contributed by atoms with Gasteiger partial charge < -0.3 is 10.6 Å². The number of fused-ring (bicyclic) bond motifs is 1. The van der Waals surface area contributed by atoms with Gasteiger partial charge in [-0.25, -0.2) is 0 Å². The van der Waals surface area contributed by atoms with Gasteiger partial charge >= 0.3 is 0 Å². The summed E-state index contributed by atoms with van der Waals surface area (Å²) >= 11 is 5.85. The van der Waals surface area contributed by atoms with Gasteiger partial charge in [-0.05, 0) is 41.1 Å². The Hall–Kier alpha value is -3.11. The molecule has 4 nitrogen and oxygen atoms in total. The molecule has 0 saturated heterocycles. The zero-order valence-corrected chi connectivity index (χ0v) is 14.0. The van der Waals surface area contributed by atoms with Crippen LogP contribution in [-0.4, -0.2) is 11.8 Å². The lowest BCUT2D eigenvalue weighted by molar-refractivity contribution is -0.114. The first kappa shape index (κ1) is 16.7. The van der Waals surface area contributed by atoms with Crippen molar-refractivity contribution in [3.8, 4) is 0 Å². The maximum atomic E-state index is 12.0. The van der Waals surface area contributed by atoms with E-state index in [1.807, 2.05) is 42.5 Å². The van der Waals surface area contributed by atoms with Gasteiger partial charge in [-0.15, -0.1) is 0 Å². The van der Waals surface area contributed by atoms with Crippen LogP contribution < -0.4 is 10.6 Å². The van der Waals surface area contributed by atoms with Crippen molar-refractivity contribution in [3.63, 3.8) is 0 Å². The van der Waals surface area contributed by atoms with Crippen molar-refractivity contribution in [2.45, 2.75) is 0 Å². The molecule has 0 spiro atoms. The maximum Gasteiger partial charge on any atom is 0.248 e. The Balaban J connectivity index is 1.60. The van der Waals surface area contributed by atoms with E-state index in [-0.39, 0.29) is 5.91 Å². The molecule has 3 rings (SSSR count). The van der Waals surface area contributed by atoms with Crippen LogP contribution in [-0.2, 0) is 9.59 Å². The summed E-state index contributed by atoms with van der Waals surface area (Å²) in [5.41, 5.74) is 1.24. The van der Waals surface area contributed by atoms with Crippen LogP contribution >= 0.6 is 11.6 Å². The van der Waals surface area contributed by atoms with E-state index in [9.17, 15) is 9.59 Å². The van der Waals surface area contributed by atoms with E-state index < -0.39 is 5.91 Å². The number of anilines is 2. The average molecular weight is 351 g/mol. The van der Waals surface area contributed by atoms with Crippen LogP contribution in [0.1, 0.15) is 0 Å². The first-order chi connectivity index (χ1) is 12.1. The molecule has 2 N–H and O–H groups in total. The molecule has 124 valence electrons. The Labute approximate surface area is 150 Å². The molecule has 0 aliphatic carbocycles. The minimum absolute atomic E-state index is 0.378. The third kappa shape index (κ3) is 4.68. The third-order valence-corrected chi connectivity index (χ3v) is 3.73. The van der Waals surface area contributed by atoms with Crippen LogP contribution in [0.5, 0.6) is 0 Å². The largest absolute Gasteiger partial charge is 0.322 e. The molecule has 0 saturated carbocycles. The molecule has 0 fully saturated rings. The van der Waals surface area contributed by atoms with Crippen LogP contribution in [0.15, 0.2) is 78.9 Å². The van der Waals surface area contributed by atoms with E-state index in [0.717, 1.165) is 10.8 Å². The normalized spacial score (nSPS) is 10.8. The SMILES string of the molecule is O=C(C=CC(=O)Nc1ccc2ccccc2c1)Nc1cccc(Cl)c1. The predicted octanol–water partition coefficient (Wildman–Crippen LogP) is 4.63. The van der Waals surface area contributed by atoms with E-state index in [0.29, 0.717) is 16.4 Å². The second-order valence-electron chi connectivity index (χ2n) is 5.38. The van der Waals surface area contributed by atoms with Gasteiger partial charge in [-0.3, -0.25) is 9.59 Å². The van der Waals surface area contributed by atoms with E-state index in [1.54, 1.807) is 24.3 Å². The number of carbonyl (C=O) groups is 2. The number of carbonyl (C=O) groups excluding carboxylic acids is 2. The van der Waals surface area contributed by atoms with Crippen LogP contribution in [0, 0.1) is 0 Å². The fraction of sp³-hybridized carbons (Fsp3) is 0. The second kappa shape index (κ2) is 7.64. The van der Waals surface area contributed by atoms with Crippen molar-refractivity contribution in [2.75, 3.05) is 10.6 Å². The molecule has 5 heteroatoms. The Morgan fingerprint density at radius 3 is 2.04 bits per heavy atom. The molecular weight excluding hydrogens is 336 g/mol. The Kier molecular flexibility index (Phi) is 5.11. The van der Waals surface area contributed by atoms with Crippen LogP contribution in [0.2, 0.25) is 5.02 Å². The smallest absolute Gasteiger partial charge is 0.248 e. The zero-order valence-electron chi connectivity index (χ0n) is 13.2. The van der Waals surface area contributed by atoms with E-state index in [2.05, 4.69) is 10.6 Å². The van der Waals surface area contributed by atoms with E-state index in [4.69, 9.17) is 11.6 Å². The summed E-state index contributed by atoms with van der Waals surface area (Å²) in [5.74, 6) is -0.785. The van der Waals surface area contributed by atoms with Gasteiger partial charge in [0, 0.05) is 28.5 Å².